The third-order valence-corrected chi connectivity index (χ3v) is 4.42. The summed E-state index contributed by atoms with van der Waals surface area (Å²) in [5.74, 6) is -0.0765. The molecule has 0 unspecified atom stereocenters. The smallest absolute Gasteiger partial charge is 0.240 e. The fourth-order valence-electron chi connectivity index (χ4n) is 2.46. The first kappa shape index (κ1) is 16.4. The molecule has 0 spiro atoms. The van der Waals surface area contributed by atoms with Crippen molar-refractivity contribution in [1.29, 1.82) is 0 Å². The lowest BCUT2D eigenvalue weighted by Crippen LogP contribution is -2.35. The molecule has 0 aromatic carbocycles. The number of carbonyl (C=O) groups is 1. The maximum absolute atomic E-state index is 11.9. The number of anilines is 1. The number of nitrogens with zero attached hydrogens (tertiary/aromatic N) is 3. The first-order chi connectivity index (χ1) is 10.2. The SMILES string of the molecule is CCN(CCO)CC(=O)Nc1nc(CN2CCCC2)cs1. The Labute approximate surface area is 129 Å². The van der Waals surface area contributed by atoms with Crippen molar-refractivity contribution < 1.29 is 9.90 Å². The second kappa shape index (κ2) is 8.43. The number of nitrogens with one attached hydrogen (secondary N) is 1. The lowest BCUT2D eigenvalue weighted by molar-refractivity contribution is -0.117. The summed E-state index contributed by atoms with van der Waals surface area (Å²) in [7, 11) is 0. The molecule has 1 aliphatic heterocycles. The maximum Gasteiger partial charge on any atom is 0.240 e. The van der Waals surface area contributed by atoms with Crippen molar-refractivity contribution in [3.8, 4) is 0 Å². The number of carbonyl (C=O) groups excluding carboxylic acids is 1. The van der Waals surface area contributed by atoms with E-state index in [4.69, 9.17) is 5.11 Å². The van der Waals surface area contributed by atoms with Crippen LogP contribution in [0.5, 0.6) is 0 Å². The van der Waals surface area contributed by atoms with Crippen LogP contribution in [0.2, 0.25) is 0 Å². The van der Waals surface area contributed by atoms with Crippen molar-refractivity contribution in [2.24, 2.45) is 0 Å². The summed E-state index contributed by atoms with van der Waals surface area (Å²) in [5.41, 5.74) is 1.03. The molecule has 1 fully saturated rings. The van der Waals surface area contributed by atoms with Gasteiger partial charge in [-0.2, -0.15) is 0 Å². The molecule has 1 amide bonds. The van der Waals surface area contributed by atoms with Crippen LogP contribution in [-0.4, -0.2) is 65.1 Å². The van der Waals surface area contributed by atoms with Gasteiger partial charge in [-0.25, -0.2) is 4.98 Å². The number of rotatable bonds is 8. The van der Waals surface area contributed by atoms with Gasteiger partial charge in [-0.1, -0.05) is 6.92 Å². The number of thiazole rings is 1. The fraction of sp³-hybridized carbons (Fsp3) is 0.714. The number of likely N-dealkylation sites (N-methyl/N-ethyl adjacent to an activating group) is 1. The van der Waals surface area contributed by atoms with E-state index < -0.39 is 0 Å². The van der Waals surface area contributed by atoms with Gasteiger partial charge in [-0.15, -0.1) is 11.3 Å². The Morgan fingerprint density at radius 2 is 2.29 bits per heavy atom. The zero-order chi connectivity index (χ0) is 15.1. The molecule has 6 nitrogen and oxygen atoms in total. The van der Waals surface area contributed by atoms with Gasteiger partial charge in [0.05, 0.1) is 18.8 Å². The highest BCUT2D eigenvalue weighted by Gasteiger charge is 2.15. The molecule has 1 saturated heterocycles. The van der Waals surface area contributed by atoms with E-state index in [1.807, 2.05) is 17.2 Å². The minimum Gasteiger partial charge on any atom is -0.395 e. The standard InChI is InChI=1S/C14H24N4O2S/c1-2-17(7-8-19)10-13(20)16-14-15-12(11-21-14)9-18-5-3-4-6-18/h11,19H,2-10H2,1H3,(H,15,16,20). The molecule has 0 aliphatic carbocycles. The lowest BCUT2D eigenvalue weighted by atomic mass is 10.4. The highest BCUT2D eigenvalue weighted by molar-refractivity contribution is 7.13. The summed E-state index contributed by atoms with van der Waals surface area (Å²) in [5, 5.41) is 14.4. The van der Waals surface area contributed by atoms with Gasteiger partial charge in [-0.3, -0.25) is 14.6 Å². The topological polar surface area (TPSA) is 68.7 Å². The Hall–Kier alpha value is -1.02. The van der Waals surface area contributed by atoms with Gasteiger partial charge in [0.2, 0.25) is 5.91 Å². The summed E-state index contributed by atoms with van der Waals surface area (Å²) in [6.07, 6.45) is 2.54. The summed E-state index contributed by atoms with van der Waals surface area (Å²) >= 11 is 1.47. The van der Waals surface area contributed by atoms with Gasteiger partial charge in [0.15, 0.2) is 5.13 Å². The van der Waals surface area contributed by atoms with Crippen LogP contribution in [0.3, 0.4) is 0 Å². The van der Waals surface area contributed by atoms with Crippen LogP contribution >= 0.6 is 11.3 Å². The molecule has 118 valence electrons. The summed E-state index contributed by atoms with van der Waals surface area (Å²) in [6.45, 7) is 6.75. The normalized spacial score (nSPS) is 15.8. The number of aromatic nitrogens is 1. The van der Waals surface area contributed by atoms with Crippen molar-refractivity contribution in [3.63, 3.8) is 0 Å². The molecular formula is C14H24N4O2S. The molecule has 1 aromatic rings. The zero-order valence-corrected chi connectivity index (χ0v) is 13.4. The molecule has 0 saturated carbocycles. The van der Waals surface area contributed by atoms with E-state index in [9.17, 15) is 4.79 Å². The molecule has 1 aliphatic rings. The average molecular weight is 312 g/mol. The summed E-state index contributed by atoms with van der Waals surface area (Å²) in [6, 6.07) is 0. The largest absolute Gasteiger partial charge is 0.395 e. The third kappa shape index (κ3) is 5.35. The van der Waals surface area contributed by atoms with Crippen LogP contribution < -0.4 is 5.32 Å². The molecule has 0 atom stereocenters. The van der Waals surface area contributed by atoms with Crippen molar-refractivity contribution in [1.82, 2.24) is 14.8 Å². The predicted molar refractivity (Wildman–Crippen MR) is 84.5 cm³/mol. The Morgan fingerprint density at radius 1 is 1.52 bits per heavy atom. The first-order valence-corrected chi connectivity index (χ1v) is 8.39. The van der Waals surface area contributed by atoms with Crippen LogP contribution in [0.25, 0.3) is 0 Å². The number of aliphatic hydroxyl groups is 1. The van der Waals surface area contributed by atoms with Gasteiger partial charge in [-0.05, 0) is 32.5 Å². The highest BCUT2D eigenvalue weighted by atomic mass is 32.1. The van der Waals surface area contributed by atoms with Gasteiger partial charge in [0.1, 0.15) is 0 Å². The number of likely N-dealkylation sites (tertiary alicyclic amines) is 1. The molecule has 2 N–H and O–H groups in total. The van der Waals surface area contributed by atoms with Crippen LogP contribution in [0, 0.1) is 0 Å². The van der Waals surface area contributed by atoms with Crippen LogP contribution in [-0.2, 0) is 11.3 Å². The highest BCUT2D eigenvalue weighted by Crippen LogP contribution is 2.18. The summed E-state index contributed by atoms with van der Waals surface area (Å²) < 4.78 is 0. The average Bonchev–Trinajstić information content (AvgIpc) is 3.11. The molecule has 0 radical (unpaired) electrons. The summed E-state index contributed by atoms with van der Waals surface area (Å²) in [4.78, 5) is 20.7. The van der Waals surface area contributed by atoms with Crippen molar-refractivity contribution in [3.05, 3.63) is 11.1 Å². The van der Waals surface area contributed by atoms with E-state index in [2.05, 4.69) is 15.2 Å². The van der Waals surface area contributed by atoms with E-state index in [1.54, 1.807) is 0 Å². The van der Waals surface area contributed by atoms with Gasteiger partial charge < -0.3 is 10.4 Å². The fourth-order valence-corrected chi connectivity index (χ4v) is 3.18. The van der Waals surface area contributed by atoms with Crippen LogP contribution in [0.1, 0.15) is 25.5 Å². The monoisotopic (exact) mass is 312 g/mol. The van der Waals surface area contributed by atoms with Crippen LogP contribution in [0.15, 0.2) is 5.38 Å². The lowest BCUT2D eigenvalue weighted by Gasteiger charge is -2.17. The minimum atomic E-state index is -0.0765. The van der Waals surface area contributed by atoms with E-state index in [-0.39, 0.29) is 19.1 Å². The molecule has 21 heavy (non-hydrogen) atoms. The molecular weight excluding hydrogens is 288 g/mol. The van der Waals surface area contributed by atoms with Gasteiger partial charge >= 0.3 is 0 Å². The molecule has 2 rings (SSSR count). The predicted octanol–water partition coefficient (Wildman–Crippen LogP) is 0.992. The number of hydrogen-bond donors (Lipinski definition) is 2. The van der Waals surface area contributed by atoms with Crippen molar-refractivity contribution >= 4 is 22.4 Å². The van der Waals surface area contributed by atoms with Gasteiger partial charge in [0.25, 0.3) is 0 Å². The van der Waals surface area contributed by atoms with Gasteiger partial charge in [0, 0.05) is 18.5 Å². The maximum atomic E-state index is 11.9. The van der Waals surface area contributed by atoms with Crippen LogP contribution in [0.4, 0.5) is 5.13 Å². The quantitative estimate of drug-likeness (QED) is 0.749. The molecule has 0 bridgehead atoms. The number of hydrogen-bond acceptors (Lipinski definition) is 6. The molecule has 7 heteroatoms. The Balaban J connectivity index is 1.79. The van der Waals surface area contributed by atoms with Crippen molar-refractivity contribution in [2.45, 2.75) is 26.3 Å². The van der Waals surface area contributed by atoms with E-state index in [0.29, 0.717) is 11.7 Å². The second-order valence-corrected chi connectivity index (χ2v) is 6.13. The van der Waals surface area contributed by atoms with E-state index in [0.717, 1.165) is 31.9 Å². The van der Waals surface area contributed by atoms with E-state index in [1.165, 1.54) is 24.2 Å². The number of aliphatic hydroxyl groups excluding tert-OH is 1. The molecule has 2 heterocycles. The Kier molecular flexibility index (Phi) is 6.56. The first-order valence-electron chi connectivity index (χ1n) is 7.51. The van der Waals surface area contributed by atoms with Crippen molar-refractivity contribution in [2.75, 3.05) is 44.6 Å². The Bertz CT molecular complexity index is 446. The zero-order valence-electron chi connectivity index (χ0n) is 12.5. The Morgan fingerprint density at radius 3 is 2.95 bits per heavy atom. The second-order valence-electron chi connectivity index (χ2n) is 5.27. The third-order valence-electron chi connectivity index (χ3n) is 3.61. The number of amides is 1. The minimum absolute atomic E-state index is 0.0678. The van der Waals surface area contributed by atoms with E-state index >= 15 is 0 Å². The molecule has 1 aromatic heterocycles.